The summed E-state index contributed by atoms with van der Waals surface area (Å²) < 4.78 is 7.74. The lowest BCUT2D eigenvalue weighted by atomic mass is 9.85. The SMILES string of the molecule is O=C(CCN1CCOCC1)N1CCC[C@H](c2nccn2CC2CCC2)C1. The predicted octanol–water partition coefficient (Wildman–Crippen LogP) is 2.11. The van der Waals surface area contributed by atoms with Gasteiger partial charge < -0.3 is 14.2 Å². The van der Waals surface area contributed by atoms with Crippen LogP contribution in [0, 0.1) is 5.92 Å². The number of aromatic nitrogens is 2. The average molecular weight is 361 g/mol. The van der Waals surface area contributed by atoms with E-state index in [0.717, 1.165) is 71.2 Å². The van der Waals surface area contributed by atoms with Gasteiger partial charge in [-0.15, -0.1) is 0 Å². The van der Waals surface area contributed by atoms with Crippen molar-refractivity contribution in [3.8, 4) is 0 Å². The van der Waals surface area contributed by atoms with Crippen LogP contribution < -0.4 is 0 Å². The van der Waals surface area contributed by atoms with Crippen LogP contribution in [0.3, 0.4) is 0 Å². The second kappa shape index (κ2) is 8.53. The zero-order valence-corrected chi connectivity index (χ0v) is 15.8. The molecule has 0 aromatic carbocycles. The highest BCUT2D eigenvalue weighted by molar-refractivity contribution is 5.76. The first kappa shape index (κ1) is 18.0. The van der Waals surface area contributed by atoms with E-state index < -0.39 is 0 Å². The smallest absolute Gasteiger partial charge is 0.223 e. The molecule has 0 bridgehead atoms. The van der Waals surface area contributed by atoms with Crippen molar-refractivity contribution in [2.75, 3.05) is 45.9 Å². The maximum absolute atomic E-state index is 12.7. The monoisotopic (exact) mass is 360 g/mol. The Morgan fingerprint density at radius 2 is 2.00 bits per heavy atom. The van der Waals surface area contributed by atoms with Crippen LogP contribution >= 0.6 is 0 Å². The van der Waals surface area contributed by atoms with E-state index in [9.17, 15) is 4.79 Å². The minimum Gasteiger partial charge on any atom is -0.379 e. The van der Waals surface area contributed by atoms with Crippen molar-refractivity contribution in [2.24, 2.45) is 5.92 Å². The van der Waals surface area contributed by atoms with Crippen LogP contribution in [0.25, 0.3) is 0 Å². The molecule has 1 aliphatic carbocycles. The zero-order valence-electron chi connectivity index (χ0n) is 15.8. The van der Waals surface area contributed by atoms with Crippen LogP contribution in [0.15, 0.2) is 12.4 Å². The number of hydrogen-bond acceptors (Lipinski definition) is 4. The van der Waals surface area contributed by atoms with Gasteiger partial charge in [0.1, 0.15) is 5.82 Å². The largest absolute Gasteiger partial charge is 0.379 e. The fraction of sp³-hybridized carbons (Fsp3) is 0.800. The summed E-state index contributed by atoms with van der Waals surface area (Å²) >= 11 is 0. The van der Waals surface area contributed by atoms with Gasteiger partial charge >= 0.3 is 0 Å². The molecule has 0 spiro atoms. The Balaban J connectivity index is 1.30. The Hall–Kier alpha value is -1.40. The van der Waals surface area contributed by atoms with E-state index in [1.165, 1.54) is 25.1 Å². The van der Waals surface area contributed by atoms with Crippen molar-refractivity contribution in [3.63, 3.8) is 0 Å². The third-order valence-corrected chi connectivity index (χ3v) is 6.31. The summed E-state index contributed by atoms with van der Waals surface area (Å²) in [7, 11) is 0. The third-order valence-electron chi connectivity index (χ3n) is 6.31. The molecule has 2 aliphatic heterocycles. The summed E-state index contributed by atoms with van der Waals surface area (Å²) in [4.78, 5) is 21.8. The van der Waals surface area contributed by atoms with Gasteiger partial charge in [-0.25, -0.2) is 4.98 Å². The molecular formula is C20H32N4O2. The van der Waals surface area contributed by atoms with Crippen molar-refractivity contribution in [1.82, 2.24) is 19.4 Å². The minimum absolute atomic E-state index is 0.304. The number of rotatable bonds is 6. The van der Waals surface area contributed by atoms with Gasteiger partial charge in [-0.05, 0) is 31.6 Å². The normalized spacial score (nSPS) is 25.2. The zero-order chi connectivity index (χ0) is 17.8. The molecule has 6 nitrogen and oxygen atoms in total. The Morgan fingerprint density at radius 1 is 1.15 bits per heavy atom. The van der Waals surface area contributed by atoms with Gasteiger partial charge in [-0.2, -0.15) is 0 Å². The quantitative estimate of drug-likeness (QED) is 0.780. The first-order valence-electron chi connectivity index (χ1n) is 10.4. The van der Waals surface area contributed by atoms with Crippen molar-refractivity contribution in [3.05, 3.63) is 18.2 Å². The number of carbonyl (C=O) groups is 1. The molecule has 0 radical (unpaired) electrons. The van der Waals surface area contributed by atoms with E-state index in [2.05, 4.69) is 25.5 Å². The molecule has 6 heteroatoms. The summed E-state index contributed by atoms with van der Waals surface area (Å²) in [6.45, 7) is 7.21. The highest BCUT2D eigenvalue weighted by Crippen LogP contribution is 2.31. The standard InChI is InChI=1S/C20H32N4O2/c25-19(6-9-22-11-13-26-14-12-22)23-8-2-5-18(16-23)20-21-7-10-24(20)15-17-3-1-4-17/h7,10,17-18H,1-6,8-9,11-16H2/t18-/m0/s1. The molecule has 1 aromatic rings. The number of amides is 1. The van der Waals surface area contributed by atoms with Gasteiger partial charge in [-0.3, -0.25) is 9.69 Å². The Bertz CT molecular complexity index is 592. The number of piperidine rings is 1. The van der Waals surface area contributed by atoms with E-state index in [0.29, 0.717) is 18.2 Å². The lowest BCUT2D eigenvalue weighted by Gasteiger charge is -2.34. The minimum atomic E-state index is 0.304. The molecular weight excluding hydrogens is 328 g/mol. The number of morpholine rings is 1. The average Bonchev–Trinajstić information content (AvgIpc) is 3.12. The first-order valence-corrected chi connectivity index (χ1v) is 10.4. The first-order chi connectivity index (χ1) is 12.8. The van der Waals surface area contributed by atoms with Crippen molar-refractivity contribution < 1.29 is 9.53 Å². The Morgan fingerprint density at radius 3 is 2.77 bits per heavy atom. The van der Waals surface area contributed by atoms with Crippen LogP contribution in [-0.2, 0) is 16.1 Å². The summed E-state index contributed by atoms with van der Waals surface area (Å²) in [5.41, 5.74) is 0. The van der Waals surface area contributed by atoms with Crippen molar-refractivity contribution in [1.29, 1.82) is 0 Å². The van der Waals surface area contributed by atoms with Crippen LogP contribution in [0.5, 0.6) is 0 Å². The van der Waals surface area contributed by atoms with Gasteiger partial charge in [0.2, 0.25) is 5.91 Å². The Labute approximate surface area is 156 Å². The predicted molar refractivity (Wildman–Crippen MR) is 100.0 cm³/mol. The molecule has 1 atom stereocenters. The van der Waals surface area contributed by atoms with E-state index >= 15 is 0 Å². The van der Waals surface area contributed by atoms with Crippen molar-refractivity contribution in [2.45, 2.75) is 51.0 Å². The van der Waals surface area contributed by atoms with Crippen LogP contribution in [0.2, 0.25) is 0 Å². The highest BCUT2D eigenvalue weighted by atomic mass is 16.5. The topological polar surface area (TPSA) is 50.6 Å². The molecule has 1 amide bonds. The molecule has 144 valence electrons. The van der Waals surface area contributed by atoms with Gasteiger partial charge in [0.25, 0.3) is 0 Å². The summed E-state index contributed by atoms with van der Waals surface area (Å²) in [5, 5.41) is 0. The number of hydrogen-bond donors (Lipinski definition) is 0. The number of carbonyl (C=O) groups excluding carboxylic acids is 1. The van der Waals surface area contributed by atoms with Crippen LogP contribution in [-0.4, -0.2) is 71.2 Å². The summed E-state index contributed by atoms with van der Waals surface area (Å²) in [5.74, 6) is 2.73. The Kier molecular flexibility index (Phi) is 5.90. The molecule has 1 saturated carbocycles. The molecule has 3 heterocycles. The number of likely N-dealkylation sites (tertiary alicyclic amines) is 1. The van der Waals surface area contributed by atoms with Gasteiger partial charge in [0.05, 0.1) is 13.2 Å². The molecule has 26 heavy (non-hydrogen) atoms. The van der Waals surface area contributed by atoms with Gasteiger partial charge in [0, 0.05) is 64.0 Å². The van der Waals surface area contributed by atoms with Crippen LogP contribution in [0.1, 0.15) is 50.3 Å². The van der Waals surface area contributed by atoms with Crippen LogP contribution in [0.4, 0.5) is 0 Å². The molecule has 4 rings (SSSR count). The summed E-state index contributed by atoms with van der Waals surface area (Å²) in [6.07, 6.45) is 11.0. The lowest BCUT2D eigenvalue weighted by Crippen LogP contribution is -2.43. The number of ether oxygens (including phenoxy) is 1. The molecule has 0 unspecified atom stereocenters. The fourth-order valence-corrected chi connectivity index (χ4v) is 4.44. The van der Waals surface area contributed by atoms with E-state index in [4.69, 9.17) is 4.74 Å². The second-order valence-electron chi connectivity index (χ2n) is 8.12. The number of nitrogens with zero attached hydrogens (tertiary/aromatic N) is 4. The van der Waals surface area contributed by atoms with E-state index in [1.807, 2.05) is 6.20 Å². The molecule has 1 aromatic heterocycles. The fourth-order valence-electron chi connectivity index (χ4n) is 4.44. The molecule has 3 aliphatic rings. The third kappa shape index (κ3) is 4.29. The summed E-state index contributed by atoms with van der Waals surface area (Å²) in [6, 6.07) is 0. The lowest BCUT2D eigenvalue weighted by molar-refractivity contribution is -0.133. The second-order valence-corrected chi connectivity index (χ2v) is 8.12. The van der Waals surface area contributed by atoms with Crippen molar-refractivity contribution >= 4 is 5.91 Å². The van der Waals surface area contributed by atoms with Gasteiger partial charge in [-0.1, -0.05) is 6.42 Å². The molecule has 0 N–H and O–H groups in total. The number of imidazole rings is 1. The highest BCUT2D eigenvalue weighted by Gasteiger charge is 2.28. The van der Waals surface area contributed by atoms with Gasteiger partial charge in [0.15, 0.2) is 0 Å². The maximum atomic E-state index is 12.7. The molecule has 2 saturated heterocycles. The molecule has 3 fully saturated rings. The van der Waals surface area contributed by atoms with E-state index in [1.54, 1.807) is 0 Å². The maximum Gasteiger partial charge on any atom is 0.223 e. The van der Waals surface area contributed by atoms with E-state index in [-0.39, 0.29) is 0 Å².